The molecule has 1 saturated heterocycles. The number of hydrogen-bond acceptors (Lipinski definition) is 6. The molecule has 29 heavy (non-hydrogen) atoms. The molecule has 154 valence electrons. The van der Waals surface area contributed by atoms with Gasteiger partial charge in [-0.05, 0) is 19.3 Å². The molecule has 0 bridgehead atoms. The lowest BCUT2D eigenvalue weighted by molar-refractivity contribution is -0.129. The van der Waals surface area contributed by atoms with E-state index in [2.05, 4.69) is 17.1 Å². The molecule has 2 aromatic rings. The molecule has 1 atom stereocenters. The number of amides is 2. The number of rotatable bonds is 4. The molecule has 2 amide bonds. The fraction of sp³-hybridized carbons (Fsp3) is 0.571. The number of fused-ring (bicyclic) bond motifs is 1. The molecule has 4 heterocycles. The number of piperidine rings is 1. The van der Waals surface area contributed by atoms with E-state index >= 15 is 0 Å². The van der Waals surface area contributed by atoms with Crippen molar-refractivity contribution in [2.24, 2.45) is 0 Å². The fourth-order valence-corrected chi connectivity index (χ4v) is 4.11. The van der Waals surface area contributed by atoms with Gasteiger partial charge in [-0.2, -0.15) is 0 Å². The number of carbonyl (C=O) groups is 2. The third kappa shape index (κ3) is 4.16. The van der Waals surface area contributed by atoms with Gasteiger partial charge in [-0.25, -0.2) is 9.97 Å². The molecule has 1 fully saturated rings. The number of aryl methyl sites for hydroxylation is 1. The maximum absolute atomic E-state index is 12.9. The van der Waals surface area contributed by atoms with E-state index in [0.717, 1.165) is 54.9 Å². The van der Waals surface area contributed by atoms with Crippen LogP contribution in [0.3, 0.4) is 0 Å². The van der Waals surface area contributed by atoms with Crippen LogP contribution < -0.4 is 0 Å². The highest BCUT2D eigenvalue weighted by Gasteiger charge is 2.30. The topological polar surface area (TPSA) is 92.4 Å². The lowest BCUT2D eigenvalue weighted by atomic mass is 9.96. The Morgan fingerprint density at radius 1 is 1.28 bits per heavy atom. The van der Waals surface area contributed by atoms with Crippen molar-refractivity contribution in [3.8, 4) is 0 Å². The first-order chi connectivity index (χ1) is 14.0. The largest absolute Gasteiger partial charge is 0.361 e. The van der Waals surface area contributed by atoms with Crippen LogP contribution in [0.4, 0.5) is 0 Å². The van der Waals surface area contributed by atoms with Crippen molar-refractivity contribution in [3.63, 3.8) is 0 Å². The molecule has 0 radical (unpaired) electrons. The summed E-state index contributed by atoms with van der Waals surface area (Å²) in [6, 6.07) is 1.76. The standard InChI is InChI=1S/C21H27N5O3/c1-3-5-17-10-19(24-29-17)21(28)26-8-4-6-15(12-26)20-22-11-16-13-25(14(2)27)9-7-18(16)23-20/h10-11,15H,3-9,12-13H2,1-2H3/t15-/m0/s1. The van der Waals surface area contributed by atoms with Crippen LogP contribution in [0.1, 0.15) is 72.4 Å². The van der Waals surface area contributed by atoms with Crippen LogP contribution in [-0.4, -0.2) is 56.4 Å². The van der Waals surface area contributed by atoms with E-state index in [1.165, 1.54) is 0 Å². The number of hydrogen-bond donors (Lipinski definition) is 0. The highest BCUT2D eigenvalue weighted by Crippen LogP contribution is 2.27. The van der Waals surface area contributed by atoms with E-state index in [0.29, 0.717) is 31.9 Å². The number of nitrogens with zero attached hydrogens (tertiary/aromatic N) is 5. The molecule has 4 rings (SSSR count). The van der Waals surface area contributed by atoms with Gasteiger partial charge in [0.25, 0.3) is 5.91 Å². The number of aromatic nitrogens is 3. The molecular weight excluding hydrogens is 370 g/mol. The summed E-state index contributed by atoms with van der Waals surface area (Å²) in [6.07, 6.45) is 6.21. The van der Waals surface area contributed by atoms with E-state index < -0.39 is 0 Å². The predicted octanol–water partition coefficient (Wildman–Crippen LogP) is 2.34. The van der Waals surface area contributed by atoms with Crippen LogP contribution in [0.5, 0.6) is 0 Å². The maximum atomic E-state index is 12.9. The van der Waals surface area contributed by atoms with Gasteiger partial charge in [0.15, 0.2) is 5.69 Å². The van der Waals surface area contributed by atoms with Crippen LogP contribution in [0, 0.1) is 0 Å². The Hall–Kier alpha value is -2.77. The van der Waals surface area contributed by atoms with Gasteiger partial charge in [0.2, 0.25) is 5.91 Å². The molecule has 0 saturated carbocycles. The third-order valence-corrected chi connectivity index (χ3v) is 5.75. The van der Waals surface area contributed by atoms with Gasteiger partial charge in [0.05, 0.1) is 5.69 Å². The van der Waals surface area contributed by atoms with Crippen LogP contribution >= 0.6 is 0 Å². The van der Waals surface area contributed by atoms with Crippen molar-refractivity contribution in [1.29, 1.82) is 0 Å². The van der Waals surface area contributed by atoms with Gasteiger partial charge < -0.3 is 14.3 Å². The number of likely N-dealkylation sites (tertiary alicyclic amines) is 1. The zero-order valence-electron chi connectivity index (χ0n) is 17.1. The summed E-state index contributed by atoms with van der Waals surface area (Å²) >= 11 is 0. The zero-order chi connectivity index (χ0) is 20.4. The molecule has 0 aromatic carbocycles. The van der Waals surface area contributed by atoms with Gasteiger partial charge in [0.1, 0.15) is 11.6 Å². The molecule has 0 N–H and O–H groups in total. The van der Waals surface area contributed by atoms with Crippen LogP contribution in [0.15, 0.2) is 16.8 Å². The lowest BCUT2D eigenvalue weighted by Crippen LogP contribution is -2.40. The molecular formula is C21H27N5O3. The van der Waals surface area contributed by atoms with E-state index in [4.69, 9.17) is 9.51 Å². The summed E-state index contributed by atoms with van der Waals surface area (Å²) in [5.74, 6) is 1.66. The average molecular weight is 397 g/mol. The molecule has 2 aromatic heterocycles. The second kappa shape index (κ2) is 8.31. The van der Waals surface area contributed by atoms with Crippen molar-refractivity contribution in [2.75, 3.05) is 19.6 Å². The fourth-order valence-electron chi connectivity index (χ4n) is 4.11. The molecule has 8 heteroatoms. The smallest absolute Gasteiger partial charge is 0.276 e. The molecule has 0 spiro atoms. The summed E-state index contributed by atoms with van der Waals surface area (Å²) in [4.78, 5) is 37.5. The molecule has 8 nitrogen and oxygen atoms in total. The van der Waals surface area contributed by atoms with Gasteiger partial charge in [-0.15, -0.1) is 0 Å². The molecule has 2 aliphatic rings. The van der Waals surface area contributed by atoms with Crippen molar-refractivity contribution in [1.82, 2.24) is 24.9 Å². The quantitative estimate of drug-likeness (QED) is 0.786. The number of carbonyl (C=O) groups excluding carboxylic acids is 2. The van der Waals surface area contributed by atoms with E-state index in [9.17, 15) is 9.59 Å². The first kappa shape index (κ1) is 19.5. The molecule has 0 unspecified atom stereocenters. The van der Waals surface area contributed by atoms with Crippen LogP contribution in [0.25, 0.3) is 0 Å². The van der Waals surface area contributed by atoms with Crippen molar-refractivity contribution in [3.05, 3.63) is 40.8 Å². The highest BCUT2D eigenvalue weighted by molar-refractivity contribution is 5.92. The van der Waals surface area contributed by atoms with Crippen molar-refractivity contribution in [2.45, 2.75) is 58.4 Å². The summed E-state index contributed by atoms with van der Waals surface area (Å²) < 4.78 is 5.27. The Morgan fingerprint density at radius 3 is 2.93 bits per heavy atom. The van der Waals surface area contributed by atoms with Crippen molar-refractivity contribution >= 4 is 11.8 Å². The zero-order valence-corrected chi connectivity index (χ0v) is 17.1. The Bertz CT molecular complexity index is 909. The minimum Gasteiger partial charge on any atom is -0.361 e. The Balaban J connectivity index is 1.46. The first-order valence-corrected chi connectivity index (χ1v) is 10.4. The van der Waals surface area contributed by atoms with Gasteiger partial charge in [-0.1, -0.05) is 12.1 Å². The first-order valence-electron chi connectivity index (χ1n) is 10.4. The molecule has 2 aliphatic heterocycles. The summed E-state index contributed by atoms with van der Waals surface area (Å²) in [6.45, 7) is 6.23. The third-order valence-electron chi connectivity index (χ3n) is 5.75. The highest BCUT2D eigenvalue weighted by atomic mass is 16.5. The normalized spacial score (nSPS) is 19.2. The van der Waals surface area contributed by atoms with Crippen LogP contribution in [0.2, 0.25) is 0 Å². The van der Waals surface area contributed by atoms with Gasteiger partial charge in [-0.3, -0.25) is 9.59 Å². The monoisotopic (exact) mass is 397 g/mol. The Labute approximate surface area is 170 Å². The minimum absolute atomic E-state index is 0.0797. The lowest BCUT2D eigenvalue weighted by Gasteiger charge is -2.32. The summed E-state index contributed by atoms with van der Waals surface area (Å²) in [7, 11) is 0. The summed E-state index contributed by atoms with van der Waals surface area (Å²) in [5.41, 5.74) is 2.42. The van der Waals surface area contributed by atoms with Crippen LogP contribution in [-0.2, 0) is 24.2 Å². The summed E-state index contributed by atoms with van der Waals surface area (Å²) in [5, 5.41) is 3.96. The Morgan fingerprint density at radius 2 is 2.14 bits per heavy atom. The SMILES string of the molecule is CCCc1cc(C(=O)N2CCC[C@H](c3ncc4c(n3)CCN(C(C)=O)C4)C2)no1. The van der Waals surface area contributed by atoms with E-state index in [1.54, 1.807) is 13.0 Å². The van der Waals surface area contributed by atoms with E-state index in [-0.39, 0.29) is 17.7 Å². The van der Waals surface area contributed by atoms with Gasteiger partial charge in [0, 0.05) is 69.7 Å². The average Bonchev–Trinajstić information content (AvgIpc) is 3.21. The molecule has 0 aliphatic carbocycles. The second-order valence-corrected chi connectivity index (χ2v) is 7.91. The second-order valence-electron chi connectivity index (χ2n) is 7.91. The maximum Gasteiger partial charge on any atom is 0.276 e. The van der Waals surface area contributed by atoms with Crippen molar-refractivity contribution < 1.29 is 14.1 Å². The van der Waals surface area contributed by atoms with Gasteiger partial charge >= 0.3 is 0 Å². The van der Waals surface area contributed by atoms with E-state index in [1.807, 2.05) is 16.0 Å². The Kier molecular flexibility index (Phi) is 5.60. The predicted molar refractivity (Wildman–Crippen MR) is 105 cm³/mol. The minimum atomic E-state index is -0.0872.